The second kappa shape index (κ2) is 21.2. The van der Waals surface area contributed by atoms with E-state index >= 15 is 0 Å². The quantitative estimate of drug-likeness (QED) is 0.133. The zero-order chi connectivity index (χ0) is 64.1. The van der Waals surface area contributed by atoms with E-state index in [9.17, 15) is 0 Å². The van der Waals surface area contributed by atoms with Gasteiger partial charge in [-0.15, -0.1) is 0 Å². The van der Waals surface area contributed by atoms with Crippen LogP contribution in [0.2, 0.25) is 0 Å². The van der Waals surface area contributed by atoms with Gasteiger partial charge in [0.1, 0.15) is 44.7 Å². The molecule has 4 aromatic heterocycles. The van der Waals surface area contributed by atoms with Crippen LogP contribution in [-0.2, 0) is 0 Å². The number of fused-ring (bicyclic) bond motifs is 16. The highest BCUT2D eigenvalue weighted by Gasteiger charge is 2.45. The Morgan fingerprint density at radius 2 is 0.551 bits per heavy atom. The van der Waals surface area contributed by atoms with Gasteiger partial charge in [-0.25, -0.2) is 0 Å². The van der Waals surface area contributed by atoms with Crippen molar-refractivity contribution in [3.63, 3.8) is 0 Å². The minimum atomic E-state index is -0.263. The van der Waals surface area contributed by atoms with E-state index in [-0.39, 0.29) is 6.71 Å². The molecule has 8 heteroatoms. The predicted molar refractivity (Wildman–Crippen MR) is 406 cm³/mol. The Bertz CT molecular complexity index is 6110. The van der Waals surface area contributed by atoms with Crippen molar-refractivity contribution in [2.24, 2.45) is 0 Å². The van der Waals surface area contributed by atoms with Gasteiger partial charge in [0.15, 0.2) is 0 Å². The smallest absolute Gasteiger partial charge is 0.252 e. The summed E-state index contributed by atoms with van der Waals surface area (Å²) >= 11 is 0. The van der Waals surface area contributed by atoms with E-state index < -0.39 is 0 Å². The number of furan rings is 4. The van der Waals surface area contributed by atoms with Crippen molar-refractivity contribution in [1.82, 2.24) is 0 Å². The van der Waals surface area contributed by atoms with Gasteiger partial charge in [0.2, 0.25) is 0 Å². The van der Waals surface area contributed by atoms with Crippen LogP contribution < -0.4 is 31.1 Å². The Morgan fingerprint density at radius 1 is 0.235 bits per heavy atom. The minimum Gasteiger partial charge on any atom is -0.455 e. The number of anilines is 9. The van der Waals surface area contributed by atoms with Crippen molar-refractivity contribution in [2.75, 3.05) is 14.7 Å². The lowest BCUT2D eigenvalue weighted by Crippen LogP contribution is -2.61. The highest BCUT2D eigenvalue weighted by atomic mass is 16.3. The van der Waals surface area contributed by atoms with E-state index in [0.717, 1.165) is 194 Å². The summed E-state index contributed by atoms with van der Waals surface area (Å²) in [7, 11) is 0. The molecule has 0 unspecified atom stereocenters. The Balaban J connectivity index is 0.872. The third-order valence-electron chi connectivity index (χ3n) is 20.4. The van der Waals surface area contributed by atoms with Crippen LogP contribution >= 0.6 is 0 Å². The molecule has 0 atom stereocenters. The minimum absolute atomic E-state index is 0.263. The summed E-state index contributed by atoms with van der Waals surface area (Å²) in [6.45, 7) is -0.263. The summed E-state index contributed by atoms with van der Waals surface area (Å²) in [5, 5.41) is 8.68. The van der Waals surface area contributed by atoms with Gasteiger partial charge >= 0.3 is 0 Å². The number of rotatable bonds is 9. The molecule has 0 saturated carbocycles. The van der Waals surface area contributed by atoms with Crippen LogP contribution in [0.25, 0.3) is 132 Å². The monoisotopic (exact) mass is 1250 g/mol. The number of benzene rings is 15. The third-order valence-corrected chi connectivity index (χ3v) is 20.4. The average molecular weight is 1250 g/mol. The molecule has 456 valence electrons. The molecule has 0 saturated heterocycles. The zero-order valence-corrected chi connectivity index (χ0v) is 52.7. The molecule has 15 aromatic carbocycles. The van der Waals surface area contributed by atoms with Gasteiger partial charge in [-0.1, -0.05) is 231 Å². The Hall–Kier alpha value is -13.0. The molecule has 0 fully saturated rings. The van der Waals surface area contributed by atoms with E-state index in [0.29, 0.717) is 0 Å². The number of nitrogens with zero attached hydrogens (tertiary/aromatic N) is 3. The summed E-state index contributed by atoms with van der Waals surface area (Å²) in [5.41, 5.74) is 27.8. The van der Waals surface area contributed by atoms with Gasteiger partial charge in [0.05, 0.1) is 5.69 Å². The topological polar surface area (TPSA) is 62.3 Å². The van der Waals surface area contributed by atoms with Crippen molar-refractivity contribution in [1.29, 1.82) is 0 Å². The molecular formula is C90H54BN3O4. The van der Waals surface area contributed by atoms with Crippen molar-refractivity contribution >= 4 is 162 Å². The molecule has 98 heavy (non-hydrogen) atoms. The van der Waals surface area contributed by atoms with Crippen LogP contribution in [0.4, 0.5) is 51.2 Å². The fourth-order valence-electron chi connectivity index (χ4n) is 16.1. The summed E-state index contributed by atoms with van der Waals surface area (Å²) in [4.78, 5) is 7.47. The lowest BCUT2D eigenvalue weighted by atomic mass is 9.33. The molecular weight excluding hydrogens is 1200 g/mol. The van der Waals surface area contributed by atoms with Gasteiger partial charge in [-0.05, 0) is 136 Å². The Morgan fingerprint density at radius 3 is 0.918 bits per heavy atom. The van der Waals surface area contributed by atoms with Gasteiger partial charge in [0.25, 0.3) is 6.71 Å². The highest BCUT2D eigenvalue weighted by Crippen LogP contribution is 2.52. The molecule has 6 heterocycles. The van der Waals surface area contributed by atoms with Gasteiger partial charge in [-0.3, -0.25) is 0 Å². The first kappa shape index (κ1) is 54.4. The maximum Gasteiger partial charge on any atom is 0.252 e. The van der Waals surface area contributed by atoms with Crippen LogP contribution in [0.1, 0.15) is 0 Å². The van der Waals surface area contributed by atoms with Crippen LogP contribution in [0, 0.1) is 0 Å². The fraction of sp³-hybridized carbons (Fsp3) is 0. The van der Waals surface area contributed by atoms with Crippen LogP contribution in [0.3, 0.4) is 0 Å². The number of para-hydroxylation sites is 10. The number of hydrogen-bond donors (Lipinski definition) is 0. The highest BCUT2D eigenvalue weighted by molar-refractivity contribution is 7.00. The first-order valence-electron chi connectivity index (χ1n) is 33.4. The maximum atomic E-state index is 6.88. The van der Waals surface area contributed by atoms with Gasteiger partial charge in [-0.2, -0.15) is 0 Å². The van der Waals surface area contributed by atoms with E-state index in [1.54, 1.807) is 0 Å². The van der Waals surface area contributed by atoms with Crippen LogP contribution in [0.15, 0.2) is 345 Å². The molecule has 19 aromatic rings. The lowest BCUT2D eigenvalue weighted by Gasteiger charge is -2.45. The Kier molecular flexibility index (Phi) is 11.8. The standard InChI is InChI=1S/C90H54BN3O4/c1-3-23-59(24-4-1)92(60-25-5-2-6-26-60)63-53-80-86-81(54-63)94(62-28-16-22-56(50-62)65-34-18-38-73-69-30-8-12-42-83(69)96-88(65)73)79-52-58(67-36-20-40-75-71-32-10-14-44-85(71)98-90(67)75)46-48-77(79)91(86)76-47-45-57(66-35-19-39-74-70-31-9-13-43-84(70)97-89(66)74)51-78(76)93(80)61-27-15-21-55(49-61)64-33-17-37-72-68-29-7-11-41-82(68)95-87(64)72/h1-54H. The molecule has 2 aliphatic heterocycles. The maximum absolute atomic E-state index is 6.88. The van der Waals surface area contributed by atoms with E-state index in [1.165, 1.54) is 5.46 Å². The van der Waals surface area contributed by atoms with Gasteiger partial charge < -0.3 is 32.4 Å². The molecule has 0 N–H and O–H groups in total. The summed E-state index contributed by atoms with van der Waals surface area (Å²) < 4.78 is 27.4. The van der Waals surface area contributed by atoms with Crippen molar-refractivity contribution in [3.05, 3.63) is 328 Å². The second-order valence-corrected chi connectivity index (χ2v) is 25.8. The molecule has 7 nitrogen and oxygen atoms in total. The van der Waals surface area contributed by atoms with Crippen molar-refractivity contribution in [3.8, 4) is 44.5 Å². The van der Waals surface area contributed by atoms with E-state index in [1.807, 2.05) is 24.3 Å². The fourth-order valence-corrected chi connectivity index (χ4v) is 16.1. The lowest BCUT2D eigenvalue weighted by molar-refractivity contribution is 0.669. The van der Waals surface area contributed by atoms with Crippen LogP contribution in [-0.4, -0.2) is 6.71 Å². The molecule has 0 spiro atoms. The largest absolute Gasteiger partial charge is 0.455 e. The molecule has 0 aliphatic carbocycles. The zero-order valence-electron chi connectivity index (χ0n) is 52.7. The third kappa shape index (κ3) is 8.18. The SMILES string of the molecule is c1ccc(N(c2ccccc2)c2cc3c4c(c2)N(c2cccc(-c5cccc6c5oc5ccccc56)c2)c2cc(-c5cccc6c5oc5ccccc56)ccc2B4c2ccc(-c4cccc5c4oc4ccccc45)cc2N3c2cccc(-c3cccc4c3oc3ccccc34)c2)cc1. The first-order valence-corrected chi connectivity index (χ1v) is 33.4. The number of hydrogen-bond acceptors (Lipinski definition) is 7. The van der Waals surface area contributed by atoms with E-state index in [2.05, 4.69) is 318 Å². The normalized spacial score (nSPS) is 12.6. The second-order valence-electron chi connectivity index (χ2n) is 25.8. The summed E-state index contributed by atoms with van der Waals surface area (Å²) in [6.07, 6.45) is 0. The average Bonchev–Trinajstić information content (AvgIpc) is 0.862. The Labute approximate surface area is 563 Å². The predicted octanol–water partition coefficient (Wildman–Crippen LogP) is 23.5. The molecule has 0 bridgehead atoms. The molecule has 2 aliphatic rings. The first-order chi connectivity index (χ1) is 48.6. The molecule has 0 radical (unpaired) electrons. The van der Waals surface area contributed by atoms with Crippen molar-refractivity contribution < 1.29 is 17.7 Å². The summed E-state index contributed by atoms with van der Waals surface area (Å²) in [6, 6.07) is 118. The van der Waals surface area contributed by atoms with Gasteiger partial charge in [0, 0.05) is 111 Å². The van der Waals surface area contributed by atoms with E-state index in [4.69, 9.17) is 17.7 Å². The molecule has 21 rings (SSSR count). The van der Waals surface area contributed by atoms with Crippen LogP contribution in [0.5, 0.6) is 0 Å². The summed E-state index contributed by atoms with van der Waals surface area (Å²) in [5.74, 6) is 0. The van der Waals surface area contributed by atoms with Crippen molar-refractivity contribution in [2.45, 2.75) is 0 Å². The molecule has 0 amide bonds.